The molecule has 5 heteroatoms. The Morgan fingerprint density at radius 1 is 1.24 bits per heavy atom. The molecule has 0 unspecified atom stereocenters. The van der Waals surface area contributed by atoms with Gasteiger partial charge >= 0.3 is 5.97 Å². The fraction of sp³-hybridized carbons (Fsp3) is 0. The normalized spacial score (nSPS) is 10.2. The van der Waals surface area contributed by atoms with Gasteiger partial charge < -0.3 is 10.1 Å². The molecule has 0 aliphatic heterocycles. The number of rotatable bonds is 2. The van der Waals surface area contributed by atoms with E-state index in [0.717, 1.165) is 5.56 Å². The summed E-state index contributed by atoms with van der Waals surface area (Å²) in [6.07, 6.45) is 1.53. The molecule has 0 spiro atoms. The minimum absolute atomic E-state index is 0.216. The van der Waals surface area contributed by atoms with Crippen molar-refractivity contribution in [2.24, 2.45) is 0 Å². The van der Waals surface area contributed by atoms with Crippen LogP contribution >= 0.6 is 22.6 Å². The Morgan fingerprint density at radius 2 is 1.88 bits per heavy atom. The molecule has 1 heterocycles. The van der Waals surface area contributed by atoms with Gasteiger partial charge in [-0.25, -0.2) is 4.79 Å². The number of hydrogen-bond acceptors (Lipinski definition) is 2. The number of carbonyl (C=O) groups is 1. The van der Waals surface area contributed by atoms with Crippen LogP contribution in [0.5, 0.6) is 0 Å². The Balaban J connectivity index is 2.70. The number of pyridine rings is 1. The summed E-state index contributed by atoms with van der Waals surface area (Å²) in [6, 6.07) is 9.32. The lowest BCUT2D eigenvalue weighted by Crippen LogP contribution is -2.19. The highest BCUT2D eigenvalue weighted by Crippen LogP contribution is 2.25. The molecule has 0 atom stereocenters. The quantitative estimate of drug-likeness (QED) is 0.824. The summed E-state index contributed by atoms with van der Waals surface area (Å²) >= 11 is 1.88. The van der Waals surface area contributed by atoms with Crippen molar-refractivity contribution in [1.29, 1.82) is 0 Å². The van der Waals surface area contributed by atoms with E-state index in [1.165, 1.54) is 6.20 Å². The number of aromatic amines is 1. The van der Waals surface area contributed by atoms with Crippen molar-refractivity contribution < 1.29 is 9.90 Å². The average molecular weight is 341 g/mol. The number of nitrogens with one attached hydrogen (secondary N) is 1. The van der Waals surface area contributed by atoms with E-state index in [-0.39, 0.29) is 5.56 Å². The monoisotopic (exact) mass is 341 g/mol. The molecule has 0 radical (unpaired) electrons. The predicted molar refractivity (Wildman–Crippen MR) is 72.2 cm³/mol. The van der Waals surface area contributed by atoms with Crippen LogP contribution in [0, 0.1) is 3.57 Å². The molecule has 2 N–H and O–H groups in total. The molecule has 2 aromatic rings. The first-order valence-corrected chi connectivity index (χ1v) is 5.89. The smallest absolute Gasteiger partial charge is 0.342 e. The minimum atomic E-state index is -1.21. The lowest BCUT2D eigenvalue weighted by atomic mass is 10.1. The third-order valence-electron chi connectivity index (χ3n) is 2.33. The van der Waals surface area contributed by atoms with Crippen molar-refractivity contribution in [1.82, 2.24) is 4.98 Å². The van der Waals surface area contributed by atoms with E-state index in [2.05, 4.69) is 4.98 Å². The van der Waals surface area contributed by atoms with Crippen LogP contribution in [0.15, 0.2) is 41.3 Å². The SMILES string of the molecule is O=C(O)c1c(I)c(-c2ccccc2)c[nH]c1=O. The molecule has 0 fully saturated rings. The Hall–Kier alpha value is -1.63. The first-order valence-electron chi connectivity index (χ1n) is 4.81. The lowest BCUT2D eigenvalue weighted by molar-refractivity contribution is 0.0694. The number of carboxylic acid groups (broad SMARTS) is 1. The van der Waals surface area contributed by atoms with Crippen molar-refractivity contribution in [3.8, 4) is 11.1 Å². The third kappa shape index (κ3) is 2.23. The zero-order valence-electron chi connectivity index (χ0n) is 8.61. The summed E-state index contributed by atoms with van der Waals surface area (Å²) < 4.78 is 0.449. The Bertz CT molecular complexity index is 619. The summed E-state index contributed by atoms with van der Waals surface area (Å²) in [6.45, 7) is 0. The van der Waals surface area contributed by atoms with Crippen molar-refractivity contribution in [2.45, 2.75) is 0 Å². The summed E-state index contributed by atoms with van der Waals surface area (Å²) in [5.74, 6) is -1.21. The Morgan fingerprint density at radius 3 is 2.47 bits per heavy atom. The first-order chi connectivity index (χ1) is 8.11. The van der Waals surface area contributed by atoms with Gasteiger partial charge in [-0.3, -0.25) is 4.79 Å². The van der Waals surface area contributed by atoms with Gasteiger partial charge in [-0.1, -0.05) is 30.3 Å². The molecule has 86 valence electrons. The second-order valence-electron chi connectivity index (χ2n) is 3.39. The second-order valence-corrected chi connectivity index (χ2v) is 4.47. The van der Waals surface area contributed by atoms with Gasteiger partial charge in [-0.05, 0) is 28.2 Å². The van der Waals surface area contributed by atoms with Gasteiger partial charge in [0.25, 0.3) is 5.56 Å². The topological polar surface area (TPSA) is 70.2 Å². The zero-order valence-corrected chi connectivity index (χ0v) is 10.8. The maximum atomic E-state index is 11.4. The van der Waals surface area contributed by atoms with E-state index >= 15 is 0 Å². The van der Waals surface area contributed by atoms with E-state index in [1.807, 2.05) is 52.9 Å². The highest BCUT2D eigenvalue weighted by molar-refractivity contribution is 14.1. The summed E-state index contributed by atoms with van der Waals surface area (Å²) in [5.41, 5.74) is 0.785. The van der Waals surface area contributed by atoms with Crippen LogP contribution in [-0.2, 0) is 0 Å². The van der Waals surface area contributed by atoms with Gasteiger partial charge in [0.1, 0.15) is 5.56 Å². The number of aromatic carboxylic acids is 1. The lowest BCUT2D eigenvalue weighted by Gasteiger charge is -2.06. The predicted octanol–water partition coefficient (Wildman–Crippen LogP) is 2.34. The summed E-state index contributed by atoms with van der Waals surface area (Å²) in [7, 11) is 0. The zero-order chi connectivity index (χ0) is 12.4. The highest BCUT2D eigenvalue weighted by atomic mass is 127. The third-order valence-corrected chi connectivity index (χ3v) is 3.45. The van der Waals surface area contributed by atoms with Crippen LogP contribution in [0.4, 0.5) is 0 Å². The van der Waals surface area contributed by atoms with Crippen molar-refractivity contribution in [3.63, 3.8) is 0 Å². The maximum absolute atomic E-state index is 11.4. The number of hydrogen-bond donors (Lipinski definition) is 2. The Labute approximate surface area is 110 Å². The fourth-order valence-corrected chi connectivity index (χ4v) is 2.47. The first kappa shape index (κ1) is 11.8. The molecule has 17 heavy (non-hydrogen) atoms. The maximum Gasteiger partial charge on any atom is 0.342 e. The molecule has 0 aliphatic carbocycles. The van der Waals surface area contributed by atoms with E-state index in [1.54, 1.807) is 0 Å². The summed E-state index contributed by atoms with van der Waals surface area (Å²) in [5, 5.41) is 8.99. The van der Waals surface area contributed by atoms with E-state index in [9.17, 15) is 9.59 Å². The van der Waals surface area contributed by atoms with Crippen LogP contribution < -0.4 is 5.56 Å². The van der Waals surface area contributed by atoms with E-state index in [4.69, 9.17) is 5.11 Å². The minimum Gasteiger partial charge on any atom is -0.477 e. The number of halogens is 1. The van der Waals surface area contributed by atoms with Crippen LogP contribution in [0.2, 0.25) is 0 Å². The number of carboxylic acids is 1. The molecule has 1 aromatic carbocycles. The number of benzene rings is 1. The molecule has 0 bridgehead atoms. The van der Waals surface area contributed by atoms with Gasteiger partial charge in [0.15, 0.2) is 0 Å². The van der Waals surface area contributed by atoms with Crippen molar-refractivity contribution >= 4 is 28.6 Å². The number of H-pyrrole nitrogens is 1. The fourth-order valence-electron chi connectivity index (χ4n) is 1.53. The summed E-state index contributed by atoms with van der Waals surface area (Å²) in [4.78, 5) is 24.9. The highest BCUT2D eigenvalue weighted by Gasteiger charge is 2.17. The molecule has 2 rings (SSSR count). The molecule has 0 saturated carbocycles. The van der Waals surface area contributed by atoms with Gasteiger partial charge in [0, 0.05) is 15.3 Å². The van der Waals surface area contributed by atoms with Crippen LogP contribution in [0.25, 0.3) is 11.1 Å². The number of aromatic nitrogens is 1. The molecule has 0 amide bonds. The average Bonchev–Trinajstić information content (AvgIpc) is 2.30. The Kier molecular flexibility index (Phi) is 3.28. The van der Waals surface area contributed by atoms with E-state index < -0.39 is 11.5 Å². The molecular formula is C12H8INO3. The molecular weight excluding hydrogens is 333 g/mol. The largest absolute Gasteiger partial charge is 0.477 e. The van der Waals surface area contributed by atoms with Gasteiger partial charge in [0.05, 0.1) is 0 Å². The van der Waals surface area contributed by atoms with E-state index in [0.29, 0.717) is 9.13 Å². The van der Waals surface area contributed by atoms with Crippen LogP contribution in [-0.4, -0.2) is 16.1 Å². The van der Waals surface area contributed by atoms with Crippen LogP contribution in [0.1, 0.15) is 10.4 Å². The van der Waals surface area contributed by atoms with Crippen LogP contribution in [0.3, 0.4) is 0 Å². The standard InChI is InChI=1S/C12H8INO3/c13-10-8(7-4-2-1-3-5-7)6-14-11(15)9(10)12(16)17/h1-6H,(H,14,15)(H,16,17). The molecule has 4 nitrogen and oxygen atoms in total. The van der Waals surface area contributed by atoms with Crippen molar-refractivity contribution in [2.75, 3.05) is 0 Å². The second kappa shape index (κ2) is 4.70. The van der Waals surface area contributed by atoms with Gasteiger partial charge in [-0.2, -0.15) is 0 Å². The molecule has 0 aliphatic rings. The molecule has 1 aromatic heterocycles. The van der Waals surface area contributed by atoms with Gasteiger partial charge in [-0.15, -0.1) is 0 Å². The van der Waals surface area contributed by atoms with Gasteiger partial charge in [0.2, 0.25) is 0 Å². The molecule has 0 saturated heterocycles. The van der Waals surface area contributed by atoms with Crippen molar-refractivity contribution in [3.05, 3.63) is 56.0 Å².